The summed E-state index contributed by atoms with van der Waals surface area (Å²) >= 11 is 1.40. The molecule has 4 nitrogen and oxygen atoms in total. The monoisotopic (exact) mass is 365 g/mol. The number of aryl methyl sites for hydroxylation is 1. The Balaban J connectivity index is 1.52. The number of rotatable bonds is 4. The van der Waals surface area contributed by atoms with E-state index in [0.29, 0.717) is 23.0 Å². The SMILES string of the molecule is C[C@@H]1CCc2nc3sc(C(=O)NCCc4ccccc4)c(N)c3cc2C1. The van der Waals surface area contributed by atoms with Crippen LogP contribution in [0.4, 0.5) is 5.69 Å². The van der Waals surface area contributed by atoms with Gasteiger partial charge in [0.2, 0.25) is 0 Å². The summed E-state index contributed by atoms with van der Waals surface area (Å²) in [4.78, 5) is 18.8. The van der Waals surface area contributed by atoms with Gasteiger partial charge in [0.1, 0.15) is 9.71 Å². The van der Waals surface area contributed by atoms with Crippen molar-refractivity contribution in [3.8, 4) is 0 Å². The third kappa shape index (κ3) is 3.31. The molecule has 1 aliphatic carbocycles. The standard InChI is InChI=1S/C21H23N3OS/c1-13-7-8-17-15(11-13)12-16-18(22)19(26-21(16)24-17)20(25)23-10-9-14-5-3-2-4-6-14/h2-6,12-13H,7-11,22H2,1H3,(H,23,25)/t13-/m1/s1. The summed E-state index contributed by atoms with van der Waals surface area (Å²) in [5.41, 5.74) is 10.5. The number of fused-ring (bicyclic) bond motifs is 2. The number of nitrogens with zero attached hydrogens (tertiary/aromatic N) is 1. The number of pyridine rings is 1. The molecular weight excluding hydrogens is 342 g/mol. The third-order valence-corrected chi connectivity index (χ3v) is 6.19. The van der Waals surface area contributed by atoms with Crippen LogP contribution < -0.4 is 11.1 Å². The van der Waals surface area contributed by atoms with Crippen LogP contribution in [0.3, 0.4) is 0 Å². The number of benzene rings is 1. The van der Waals surface area contributed by atoms with Gasteiger partial charge in [-0.25, -0.2) is 4.98 Å². The van der Waals surface area contributed by atoms with Gasteiger partial charge in [-0.2, -0.15) is 0 Å². The van der Waals surface area contributed by atoms with Crippen molar-refractivity contribution < 1.29 is 4.79 Å². The van der Waals surface area contributed by atoms with Gasteiger partial charge in [-0.15, -0.1) is 11.3 Å². The minimum Gasteiger partial charge on any atom is -0.397 e. The normalized spacial score (nSPS) is 16.4. The highest BCUT2D eigenvalue weighted by Gasteiger charge is 2.22. The molecule has 5 heteroatoms. The van der Waals surface area contributed by atoms with Gasteiger partial charge < -0.3 is 11.1 Å². The van der Waals surface area contributed by atoms with E-state index in [1.165, 1.54) is 34.6 Å². The topological polar surface area (TPSA) is 68.0 Å². The van der Waals surface area contributed by atoms with Gasteiger partial charge in [0.15, 0.2) is 0 Å². The second-order valence-corrected chi connectivity index (χ2v) is 8.13. The number of nitrogens with one attached hydrogen (secondary N) is 1. The molecule has 0 unspecified atom stereocenters. The molecule has 0 saturated carbocycles. The molecule has 0 fully saturated rings. The van der Waals surface area contributed by atoms with E-state index >= 15 is 0 Å². The molecule has 1 amide bonds. The first kappa shape index (κ1) is 17.0. The number of carbonyl (C=O) groups excluding carboxylic acids is 1. The molecule has 3 N–H and O–H groups in total. The van der Waals surface area contributed by atoms with Crippen molar-refractivity contribution in [1.82, 2.24) is 10.3 Å². The van der Waals surface area contributed by atoms with Crippen LogP contribution in [0.25, 0.3) is 10.2 Å². The molecule has 1 aromatic carbocycles. The van der Waals surface area contributed by atoms with E-state index in [1.807, 2.05) is 18.2 Å². The summed E-state index contributed by atoms with van der Waals surface area (Å²) in [5.74, 6) is 0.579. The number of aromatic nitrogens is 1. The van der Waals surface area contributed by atoms with Gasteiger partial charge in [-0.3, -0.25) is 4.79 Å². The second kappa shape index (κ2) is 7.08. The molecule has 1 aliphatic rings. The van der Waals surface area contributed by atoms with E-state index < -0.39 is 0 Å². The average Bonchev–Trinajstić information content (AvgIpc) is 2.97. The first-order valence-corrected chi connectivity index (χ1v) is 9.96. The van der Waals surface area contributed by atoms with E-state index in [0.717, 1.165) is 29.5 Å². The van der Waals surface area contributed by atoms with Crippen LogP contribution in [0.1, 0.15) is 39.8 Å². The van der Waals surface area contributed by atoms with Crippen LogP contribution in [-0.2, 0) is 19.3 Å². The fraction of sp³-hybridized carbons (Fsp3) is 0.333. The maximum absolute atomic E-state index is 12.6. The van der Waals surface area contributed by atoms with Gasteiger partial charge in [-0.1, -0.05) is 37.3 Å². The Hall–Kier alpha value is -2.40. The molecule has 2 aromatic heterocycles. The summed E-state index contributed by atoms with van der Waals surface area (Å²) in [6, 6.07) is 12.3. The number of anilines is 1. The lowest BCUT2D eigenvalue weighted by atomic mass is 9.87. The van der Waals surface area contributed by atoms with E-state index in [9.17, 15) is 4.79 Å². The lowest BCUT2D eigenvalue weighted by molar-refractivity contribution is 0.0959. The predicted molar refractivity (Wildman–Crippen MR) is 108 cm³/mol. The van der Waals surface area contributed by atoms with Gasteiger partial charge >= 0.3 is 0 Å². The minimum absolute atomic E-state index is 0.104. The molecule has 134 valence electrons. The fourth-order valence-electron chi connectivity index (χ4n) is 3.59. The second-order valence-electron chi connectivity index (χ2n) is 7.13. The van der Waals surface area contributed by atoms with Gasteiger partial charge in [0.05, 0.1) is 5.69 Å². The van der Waals surface area contributed by atoms with Crippen molar-refractivity contribution >= 4 is 33.1 Å². The molecule has 4 rings (SSSR count). The zero-order chi connectivity index (χ0) is 18.1. The number of hydrogen-bond acceptors (Lipinski definition) is 4. The number of thiophene rings is 1. The van der Waals surface area contributed by atoms with Crippen LogP contribution in [-0.4, -0.2) is 17.4 Å². The lowest BCUT2D eigenvalue weighted by Gasteiger charge is -2.20. The number of nitrogens with two attached hydrogens (primary N) is 1. The lowest BCUT2D eigenvalue weighted by Crippen LogP contribution is -2.25. The molecule has 1 atom stereocenters. The van der Waals surface area contributed by atoms with E-state index in [4.69, 9.17) is 10.7 Å². The highest BCUT2D eigenvalue weighted by Crippen LogP contribution is 2.36. The van der Waals surface area contributed by atoms with Gasteiger partial charge in [0.25, 0.3) is 5.91 Å². The molecule has 2 heterocycles. The fourth-order valence-corrected chi connectivity index (χ4v) is 4.60. The first-order chi connectivity index (χ1) is 12.6. The number of carbonyl (C=O) groups is 1. The Morgan fingerprint density at radius 3 is 2.96 bits per heavy atom. The minimum atomic E-state index is -0.104. The molecule has 0 bridgehead atoms. The van der Waals surface area contributed by atoms with Crippen molar-refractivity contribution in [1.29, 1.82) is 0 Å². The predicted octanol–water partition coefficient (Wildman–Crippen LogP) is 3.98. The Labute approximate surface area is 157 Å². The maximum Gasteiger partial charge on any atom is 0.263 e. The molecule has 26 heavy (non-hydrogen) atoms. The van der Waals surface area contributed by atoms with Gasteiger partial charge in [-0.05, 0) is 48.8 Å². The van der Waals surface area contributed by atoms with Crippen LogP contribution in [0, 0.1) is 5.92 Å². The van der Waals surface area contributed by atoms with Gasteiger partial charge in [0, 0.05) is 17.6 Å². The zero-order valence-corrected chi connectivity index (χ0v) is 15.7. The quantitative estimate of drug-likeness (QED) is 0.735. The van der Waals surface area contributed by atoms with Crippen molar-refractivity contribution in [3.63, 3.8) is 0 Å². The molecule has 0 saturated heterocycles. The van der Waals surface area contributed by atoms with Crippen molar-refractivity contribution in [3.05, 3.63) is 58.1 Å². The number of hydrogen-bond donors (Lipinski definition) is 2. The number of nitrogen functional groups attached to an aromatic ring is 1. The van der Waals surface area contributed by atoms with Crippen LogP contribution in [0.5, 0.6) is 0 Å². The molecular formula is C21H23N3OS. The molecule has 0 aliphatic heterocycles. The summed E-state index contributed by atoms with van der Waals surface area (Å²) in [6.45, 7) is 2.87. The maximum atomic E-state index is 12.6. The smallest absolute Gasteiger partial charge is 0.263 e. The Morgan fingerprint density at radius 2 is 2.15 bits per heavy atom. The molecule has 0 spiro atoms. The van der Waals surface area contributed by atoms with Crippen LogP contribution in [0.2, 0.25) is 0 Å². The van der Waals surface area contributed by atoms with E-state index in [1.54, 1.807) is 0 Å². The summed E-state index contributed by atoms with van der Waals surface area (Å²) < 4.78 is 0. The zero-order valence-electron chi connectivity index (χ0n) is 14.9. The Kier molecular flexibility index (Phi) is 4.64. The molecule has 3 aromatic rings. The average molecular weight is 366 g/mol. The largest absolute Gasteiger partial charge is 0.397 e. The van der Waals surface area contributed by atoms with Crippen LogP contribution >= 0.6 is 11.3 Å². The first-order valence-electron chi connectivity index (χ1n) is 9.14. The Bertz CT molecular complexity index is 949. The third-order valence-electron chi connectivity index (χ3n) is 5.08. The van der Waals surface area contributed by atoms with Crippen molar-refractivity contribution in [2.75, 3.05) is 12.3 Å². The van der Waals surface area contributed by atoms with Crippen molar-refractivity contribution in [2.45, 2.75) is 32.6 Å². The highest BCUT2D eigenvalue weighted by atomic mass is 32.1. The Morgan fingerprint density at radius 1 is 1.35 bits per heavy atom. The highest BCUT2D eigenvalue weighted by molar-refractivity contribution is 7.21. The van der Waals surface area contributed by atoms with Crippen LogP contribution in [0.15, 0.2) is 36.4 Å². The summed E-state index contributed by atoms with van der Waals surface area (Å²) in [7, 11) is 0. The van der Waals surface area contributed by atoms with E-state index in [2.05, 4.69) is 30.4 Å². The molecule has 0 radical (unpaired) electrons. The number of amides is 1. The summed E-state index contributed by atoms with van der Waals surface area (Å²) in [5, 5.41) is 3.92. The summed E-state index contributed by atoms with van der Waals surface area (Å²) in [6.07, 6.45) is 4.05. The van der Waals surface area contributed by atoms with Crippen molar-refractivity contribution in [2.24, 2.45) is 5.92 Å². The van der Waals surface area contributed by atoms with E-state index in [-0.39, 0.29) is 5.91 Å².